The Morgan fingerprint density at radius 3 is 2.41 bits per heavy atom. The first-order valence-electron chi connectivity index (χ1n) is 7.25. The minimum absolute atomic E-state index is 0.0140. The number of nitrogens with two attached hydrogens (primary N) is 1. The van der Waals surface area contributed by atoms with E-state index in [1.807, 2.05) is 31.2 Å². The van der Waals surface area contributed by atoms with Crippen molar-refractivity contribution in [3.05, 3.63) is 58.5 Å². The number of hydrogen-bond donors (Lipinski definition) is 1. The predicted molar refractivity (Wildman–Crippen MR) is 88.0 cm³/mol. The number of hydrogen-bond acceptors (Lipinski definition) is 3. The van der Waals surface area contributed by atoms with Gasteiger partial charge in [0.25, 0.3) is 5.91 Å². The zero-order valence-corrected chi connectivity index (χ0v) is 13.8. The molecule has 0 unspecified atom stereocenters. The summed E-state index contributed by atoms with van der Waals surface area (Å²) in [6.45, 7) is 4.39. The van der Waals surface area contributed by atoms with E-state index < -0.39 is 0 Å². The Balaban J connectivity index is 2.11. The second-order valence-corrected chi connectivity index (χ2v) is 5.90. The zero-order valence-electron chi connectivity index (χ0n) is 13.0. The smallest absolute Gasteiger partial charge is 0.289 e. The summed E-state index contributed by atoms with van der Waals surface area (Å²) < 4.78 is 5.43. The van der Waals surface area contributed by atoms with Gasteiger partial charge in [0, 0.05) is 24.0 Å². The maximum Gasteiger partial charge on any atom is 0.289 e. The van der Waals surface area contributed by atoms with Crippen molar-refractivity contribution in [1.82, 2.24) is 4.90 Å². The van der Waals surface area contributed by atoms with Crippen LogP contribution < -0.4 is 5.73 Å². The Bertz CT molecular complexity index is 636. The quantitative estimate of drug-likeness (QED) is 0.914. The second-order valence-electron chi connectivity index (χ2n) is 5.47. The molecule has 2 N–H and O–H groups in total. The van der Waals surface area contributed by atoms with Crippen LogP contribution in [-0.4, -0.2) is 23.9 Å². The highest BCUT2D eigenvalue weighted by Crippen LogP contribution is 2.25. The highest BCUT2D eigenvalue weighted by atomic mass is 35.5. The van der Waals surface area contributed by atoms with Gasteiger partial charge in [-0.25, -0.2) is 0 Å². The first-order chi connectivity index (χ1) is 10.4. The third kappa shape index (κ3) is 3.51. The number of halogens is 1. The van der Waals surface area contributed by atoms with Crippen molar-refractivity contribution in [3.8, 4) is 0 Å². The molecule has 0 fully saturated rings. The van der Waals surface area contributed by atoms with E-state index in [4.69, 9.17) is 21.8 Å². The van der Waals surface area contributed by atoms with Crippen LogP contribution in [0.2, 0.25) is 5.02 Å². The van der Waals surface area contributed by atoms with E-state index in [0.717, 1.165) is 5.56 Å². The van der Waals surface area contributed by atoms with Gasteiger partial charge < -0.3 is 15.1 Å². The Hall–Kier alpha value is -1.78. The van der Waals surface area contributed by atoms with E-state index in [9.17, 15) is 4.79 Å². The van der Waals surface area contributed by atoms with Gasteiger partial charge in [0.05, 0.1) is 6.54 Å². The van der Waals surface area contributed by atoms with E-state index in [1.54, 1.807) is 24.1 Å². The lowest BCUT2D eigenvalue weighted by Crippen LogP contribution is -2.38. The van der Waals surface area contributed by atoms with Gasteiger partial charge in [-0.15, -0.1) is 0 Å². The summed E-state index contributed by atoms with van der Waals surface area (Å²) in [6, 6.07) is 11.1. The van der Waals surface area contributed by atoms with Crippen molar-refractivity contribution >= 4 is 17.5 Å². The summed E-state index contributed by atoms with van der Waals surface area (Å²) in [5.74, 6) is 0.955. The number of nitrogens with zero attached hydrogens (tertiary/aromatic N) is 1. The van der Waals surface area contributed by atoms with Crippen LogP contribution in [0.5, 0.6) is 0 Å². The molecule has 0 aliphatic carbocycles. The van der Waals surface area contributed by atoms with Crippen molar-refractivity contribution in [1.29, 1.82) is 0 Å². The molecule has 2 aromatic rings. The average Bonchev–Trinajstić information content (AvgIpc) is 3.01. The molecular weight excluding hydrogens is 300 g/mol. The zero-order chi connectivity index (χ0) is 16.3. The monoisotopic (exact) mass is 320 g/mol. The lowest BCUT2D eigenvalue weighted by atomic mass is 9.93. The van der Waals surface area contributed by atoms with Crippen LogP contribution in [0.1, 0.15) is 41.6 Å². The summed E-state index contributed by atoms with van der Waals surface area (Å²) >= 11 is 5.92. The number of furan rings is 1. The van der Waals surface area contributed by atoms with Crippen LogP contribution >= 0.6 is 11.6 Å². The van der Waals surface area contributed by atoms with Crippen LogP contribution in [0.25, 0.3) is 0 Å². The van der Waals surface area contributed by atoms with Crippen LogP contribution in [0, 0.1) is 0 Å². The molecule has 0 bridgehead atoms. The van der Waals surface area contributed by atoms with E-state index in [0.29, 0.717) is 16.5 Å². The first kappa shape index (κ1) is 16.6. The molecular formula is C17H21ClN2O2. The van der Waals surface area contributed by atoms with E-state index >= 15 is 0 Å². The Kier molecular flexibility index (Phi) is 5.27. The molecule has 22 heavy (non-hydrogen) atoms. The summed E-state index contributed by atoms with van der Waals surface area (Å²) in [5, 5.41) is 0.706. The number of amides is 1. The van der Waals surface area contributed by atoms with Gasteiger partial charge in [0.1, 0.15) is 5.76 Å². The predicted octanol–water partition coefficient (Wildman–Crippen LogP) is 3.66. The van der Waals surface area contributed by atoms with Gasteiger partial charge in [-0.1, -0.05) is 30.7 Å². The third-order valence-electron chi connectivity index (χ3n) is 4.12. The van der Waals surface area contributed by atoms with Crippen molar-refractivity contribution in [3.63, 3.8) is 0 Å². The lowest BCUT2D eigenvalue weighted by Gasteiger charge is -2.29. The molecule has 0 aliphatic heterocycles. The minimum atomic E-state index is -0.145. The number of likely N-dealkylation sites (N-methyl/N-ethyl adjacent to an activating group) is 1. The Morgan fingerprint density at radius 2 is 1.86 bits per heavy atom. The molecule has 5 heteroatoms. The van der Waals surface area contributed by atoms with Gasteiger partial charge in [0.15, 0.2) is 5.76 Å². The fourth-order valence-corrected chi connectivity index (χ4v) is 2.47. The molecule has 2 atom stereocenters. The van der Waals surface area contributed by atoms with Crippen LogP contribution in [0.4, 0.5) is 0 Å². The van der Waals surface area contributed by atoms with Crippen molar-refractivity contribution in [2.45, 2.75) is 32.4 Å². The summed E-state index contributed by atoms with van der Waals surface area (Å²) in [7, 11) is 1.78. The molecule has 1 heterocycles. The van der Waals surface area contributed by atoms with Crippen LogP contribution in [-0.2, 0) is 6.54 Å². The molecule has 4 nitrogen and oxygen atoms in total. The van der Waals surface area contributed by atoms with Crippen molar-refractivity contribution in [2.75, 3.05) is 7.05 Å². The minimum Gasteiger partial charge on any atom is -0.455 e. The topological polar surface area (TPSA) is 59.5 Å². The molecule has 2 rings (SSSR count). The highest BCUT2D eigenvalue weighted by molar-refractivity contribution is 6.30. The van der Waals surface area contributed by atoms with E-state index in [2.05, 4.69) is 6.92 Å². The van der Waals surface area contributed by atoms with Gasteiger partial charge in [-0.2, -0.15) is 0 Å². The van der Waals surface area contributed by atoms with Gasteiger partial charge in [0.2, 0.25) is 0 Å². The molecule has 0 radical (unpaired) electrons. The van der Waals surface area contributed by atoms with E-state index in [1.165, 1.54) is 0 Å². The van der Waals surface area contributed by atoms with Gasteiger partial charge in [-0.05, 0) is 36.8 Å². The van der Waals surface area contributed by atoms with Crippen LogP contribution in [0.3, 0.4) is 0 Å². The standard InChI is InChI=1S/C17H21ClN2O2/c1-11(13-4-6-14(18)7-5-13)12(2)20(3)17(21)16-9-8-15(10-19)22-16/h4-9,11-12H,10,19H2,1-3H3/t11-,12-/m0/s1. The number of benzene rings is 1. The molecule has 0 saturated heterocycles. The molecule has 0 aliphatic rings. The molecule has 0 spiro atoms. The molecule has 1 amide bonds. The number of rotatable bonds is 5. The number of carbonyl (C=O) groups excluding carboxylic acids is 1. The molecule has 118 valence electrons. The fourth-order valence-electron chi connectivity index (χ4n) is 2.34. The third-order valence-corrected chi connectivity index (χ3v) is 4.38. The summed E-state index contributed by atoms with van der Waals surface area (Å²) in [6.07, 6.45) is 0. The lowest BCUT2D eigenvalue weighted by molar-refractivity contribution is 0.0692. The largest absolute Gasteiger partial charge is 0.455 e. The second kappa shape index (κ2) is 6.99. The maximum atomic E-state index is 12.5. The molecule has 1 aromatic heterocycles. The van der Waals surface area contributed by atoms with Gasteiger partial charge >= 0.3 is 0 Å². The normalized spacial score (nSPS) is 13.7. The average molecular weight is 321 g/mol. The maximum absolute atomic E-state index is 12.5. The van der Waals surface area contributed by atoms with E-state index in [-0.39, 0.29) is 24.4 Å². The Labute approximate surface area is 135 Å². The first-order valence-corrected chi connectivity index (χ1v) is 7.63. The van der Waals surface area contributed by atoms with Crippen LogP contribution in [0.15, 0.2) is 40.8 Å². The van der Waals surface area contributed by atoms with Crippen molar-refractivity contribution in [2.24, 2.45) is 5.73 Å². The number of carbonyl (C=O) groups is 1. The molecule has 0 saturated carbocycles. The molecule has 1 aromatic carbocycles. The Morgan fingerprint density at radius 1 is 1.23 bits per heavy atom. The highest BCUT2D eigenvalue weighted by Gasteiger charge is 2.25. The SMILES string of the molecule is C[C@H](c1ccc(Cl)cc1)[C@H](C)N(C)C(=O)c1ccc(CN)o1. The van der Waals surface area contributed by atoms with Gasteiger partial charge in [-0.3, -0.25) is 4.79 Å². The summed E-state index contributed by atoms with van der Waals surface area (Å²) in [5.41, 5.74) is 6.64. The van der Waals surface area contributed by atoms with Crippen molar-refractivity contribution < 1.29 is 9.21 Å². The fraction of sp³-hybridized carbons (Fsp3) is 0.353. The summed E-state index contributed by atoms with van der Waals surface area (Å²) in [4.78, 5) is 14.2.